The lowest BCUT2D eigenvalue weighted by Crippen LogP contribution is -1.72. The Bertz CT molecular complexity index is 247. The van der Waals surface area contributed by atoms with Crippen LogP contribution in [0.2, 0.25) is 0 Å². The summed E-state index contributed by atoms with van der Waals surface area (Å²) in [5.74, 6) is 0. The van der Waals surface area contributed by atoms with Crippen molar-refractivity contribution >= 4 is 6.08 Å². The van der Waals surface area contributed by atoms with Crippen LogP contribution in [-0.4, -0.2) is 0 Å². The number of rotatable bonds is 2. The van der Waals surface area contributed by atoms with Crippen molar-refractivity contribution in [1.82, 2.24) is 0 Å². The highest BCUT2D eigenvalue weighted by molar-refractivity contribution is 5.50. The van der Waals surface area contributed by atoms with Crippen molar-refractivity contribution in [2.45, 2.75) is 0 Å². The summed E-state index contributed by atoms with van der Waals surface area (Å²) in [7, 11) is 0. The Hall–Kier alpha value is -1.50. The molecule has 1 heteroatoms. The predicted molar refractivity (Wildman–Crippen MR) is 48.8 cm³/mol. The summed E-state index contributed by atoms with van der Waals surface area (Å²) in [5, 5.41) is 0. The predicted octanol–water partition coefficient (Wildman–Crippen LogP) is 2.17. The molecule has 0 fully saturated rings. The zero-order chi connectivity index (χ0) is 7.94. The zero-order valence-corrected chi connectivity index (χ0v) is 6.27. The van der Waals surface area contributed by atoms with E-state index in [1.54, 1.807) is 6.08 Å². The molecule has 1 aromatic rings. The van der Waals surface area contributed by atoms with Crippen LogP contribution in [0.5, 0.6) is 0 Å². The van der Waals surface area contributed by atoms with E-state index in [0.29, 0.717) is 0 Å². The van der Waals surface area contributed by atoms with Gasteiger partial charge in [-0.3, -0.25) is 0 Å². The molecule has 11 heavy (non-hydrogen) atoms. The first kappa shape index (κ1) is 7.61. The third-order valence-electron chi connectivity index (χ3n) is 1.31. The van der Waals surface area contributed by atoms with Gasteiger partial charge in [0.1, 0.15) is 0 Å². The first-order valence-electron chi connectivity index (χ1n) is 3.53. The van der Waals surface area contributed by atoms with E-state index in [1.165, 1.54) is 11.8 Å². The molecule has 1 nitrogen and oxygen atoms in total. The molecular formula is C10H11N. The largest absolute Gasteiger partial charge is 0.405 e. The van der Waals surface area contributed by atoms with E-state index in [4.69, 9.17) is 5.73 Å². The van der Waals surface area contributed by atoms with Crippen LogP contribution in [0.1, 0.15) is 5.56 Å². The van der Waals surface area contributed by atoms with E-state index in [-0.39, 0.29) is 0 Å². The van der Waals surface area contributed by atoms with Gasteiger partial charge in [0.15, 0.2) is 0 Å². The zero-order valence-electron chi connectivity index (χ0n) is 6.27. The first-order valence-corrected chi connectivity index (χ1v) is 3.53. The fourth-order valence-corrected chi connectivity index (χ4v) is 0.795. The van der Waals surface area contributed by atoms with Gasteiger partial charge in [0.05, 0.1) is 0 Å². The summed E-state index contributed by atoms with van der Waals surface area (Å²) in [6, 6.07) is 10.1. The maximum Gasteiger partial charge on any atom is -0.00624 e. The molecule has 0 aliphatic carbocycles. The number of benzene rings is 1. The Morgan fingerprint density at radius 3 is 2.36 bits per heavy atom. The van der Waals surface area contributed by atoms with Crippen LogP contribution in [-0.2, 0) is 0 Å². The van der Waals surface area contributed by atoms with E-state index in [0.717, 1.165) is 0 Å². The molecule has 0 radical (unpaired) electrons. The molecule has 0 aliphatic rings. The Morgan fingerprint density at radius 2 is 1.73 bits per heavy atom. The van der Waals surface area contributed by atoms with Crippen LogP contribution in [0.4, 0.5) is 0 Å². The molecule has 0 amide bonds. The van der Waals surface area contributed by atoms with Crippen molar-refractivity contribution < 1.29 is 0 Å². The maximum atomic E-state index is 5.16. The van der Waals surface area contributed by atoms with Crippen molar-refractivity contribution in [3.05, 3.63) is 54.2 Å². The summed E-state index contributed by atoms with van der Waals surface area (Å²) in [6.45, 7) is 0. The third kappa shape index (κ3) is 2.72. The van der Waals surface area contributed by atoms with Crippen molar-refractivity contribution in [3.8, 4) is 0 Å². The second kappa shape index (κ2) is 4.34. The van der Waals surface area contributed by atoms with Gasteiger partial charge in [-0.2, -0.15) is 0 Å². The fraction of sp³-hybridized carbons (Fsp3) is 0. The van der Waals surface area contributed by atoms with Crippen LogP contribution in [0.25, 0.3) is 6.08 Å². The lowest BCUT2D eigenvalue weighted by atomic mass is 10.2. The van der Waals surface area contributed by atoms with Gasteiger partial charge < -0.3 is 5.73 Å². The molecule has 0 aromatic heterocycles. The molecule has 1 rings (SSSR count). The summed E-state index contributed by atoms with van der Waals surface area (Å²) < 4.78 is 0. The highest BCUT2D eigenvalue weighted by Crippen LogP contribution is 2.00. The average Bonchev–Trinajstić information content (AvgIpc) is 2.07. The van der Waals surface area contributed by atoms with Gasteiger partial charge in [0.2, 0.25) is 0 Å². The second-order valence-electron chi connectivity index (χ2n) is 2.15. The summed E-state index contributed by atoms with van der Waals surface area (Å²) in [6.07, 6.45) is 7.23. The van der Waals surface area contributed by atoms with Crippen molar-refractivity contribution in [2.75, 3.05) is 0 Å². The van der Waals surface area contributed by atoms with Gasteiger partial charge in [0, 0.05) is 0 Å². The molecule has 0 saturated carbocycles. The smallest absolute Gasteiger partial charge is 0.00624 e. The molecule has 0 spiro atoms. The summed E-state index contributed by atoms with van der Waals surface area (Å²) in [4.78, 5) is 0. The number of allylic oxidation sites excluding steroid dienone is 2. The van der Waals surface area contributed by atoms with Crippen molar-refractivity contribution in [3.63, 3.8) is 0 Å². The van der Waals surface area contributed by atoms with Crippen molar-refractivity contribution in [1.29, 1.82) is 0 Å². The minimum Gasteiger partial charge on any atom is -0.405 e. The summed E-state index contributed by atoms with van der Waals surface area (Å²) >= 11 is 0. The maximum absolute atomic E-state index is 5.16. The van der Waals surface area contributed by atoms with E-state index in [9.17, 15) is 0 Å². The molecule has 1 aromatic carbocycles. The standard InChI is InChI=1S/C10H11N/c11-9-5-4-8-10-6-2-1-3-7-10/h1-9H,11H2/b8-4+,9-5-. The molecule has 0 saturated heterocycles. The number of hydrogen-bond acceptors (Lipinski definition) is 1. The van der Waals surface area contributed by atoms with Crippen LogP contribution in [0.15, 0.2) is 48.7 Å². The molecule has 0 atom stereocenters. The first-order chi connectivity index (χ1) is 5.43. The molecule has 2 N–H and O–H groups in total. The lowest BCUT2D eigenvalue weighted by Gasteiger charge is -1.87. The molecule has 0 bridgehead atoms. The van der Waals surface area contributed by atoms with E-state index < -0.39 is 0 Å². The monoisotopic (exact) mass is 145 g/mol. The third-order valence-corrected chi connectivity index (χ3v) is 1.31. The van der Waals surface area contributed by atoms with E-state index in [2.05, 4.69) is 0 Å². The lowest BCUT2D eigenvalue weighted by molar-refractivity contribution is 1.60. The molecule has 0 aliphatic heterocycles. The average molecular weight is 145 g/mol. The minimum atomic E-state index is 1.19. The Balaban J connectivity index is 2.64. The van der Waals surface area contributed by atoms with Gasteiger partial charge >= 0.3 is 0 Å². The Morgan fingerprint density at radius 1 is 1.00 bits per heavy atom. The molecule has 0 heterocycles. The normalized spacial score (nSPS) is 11.3. The van der Waals surface area contributed by atoms with Crippen molar-refractivity contribution in [2.24, 2.45) is 5.73 Å². The molecular weight excluding hydrogens is 134 g/mol. The van der Waals surface area contributed by atoms with Crippen LogP contribution < -0.4 is 5.73 Å². The van der Waals surface area contributed by atoms with E-state index in [1.807, 2.05) is 42.5 Å². The van der Waals surface area contributed by atoms with Gasteiger partial charge in [-0.1, -0.05) is 42.5 Å². The van der Waals surface area contributed by atoms with Crippen LogP contribution >= 0.6 is 0 Å². The Labute approximate surface area is 66.9 Å². The fourth-order valence-electron chi connectivity index (χ4n) is 0.795. The quantitative estimate of drug-likeness (QED) is 0.634. The SMILES string of the molecule is N/C=C\C=C\c1ccccc1. The number of nitrogens with two attached hydrogens (primary N) is 1. The van der Waals surface area contributed by atoms with Crippen LogP contribution in [0.3, 0.4) is 0 Å². The molecule has 0 unspecified atom stereocenters. The van der Waals surface area contributed by atoms with Gasteiger partial charge in [0.25, 0.3) is 0 Å². The van der Waals surface area contributed by atoms with Gasteiger partial charge in [-0.25, -0.2) is 0 Å². The van der Waals surface area contributed by atoms with Crippen LogP contribution in [0, 0.1) is 0 Å². The highest BCUT2D eigenvalue weighted by atomic mass is 14.5. The van der Waals surface area contributed by atoms with Gasteiger partial charge in [-0.05, 0) is 17.8 Å². The number of hydrogen-bond donors (Lipinski definition) is 1. The molecule has 56 valence electrons. The topological polar surface area (TPSA) is 26.0 Å². The minimum absolute atomic E-state index is 1.19. The summed E-state index contributed by atoms with van der Waals surface area (Å²) in [5.41, 5.74) is 6.35. The highest BCUT2D eigenvalue weighted by Gasteiger charge is 1.78. The Kier molecular flexibility index (Phi) is 3.00. The second-order valence-corrected chi connectivity index (χ2v) is 2.15. The van der Waals surface area contributed by atoms with Gasteiger partial charge in [-0.15, -0.1) is 0 Å². The van der Waals surface area contributed by atoms with E-state index >= 15 is 0 Å².